The number of ether oxygens (including phenoxy) is 3. The van der Waals surface area contributed by atoms with Crippen LogP contribution in [0.15, 0.2) is 82.8 Å². The fourth-order valence-electron chi connectivity index (χ4n) is 13.0. The Kier molecular flexibility index (Phi) is 14.6. The quantitative estimate of drug-likeness (QED) is 0.0955. The number of rotatable bonds is 15. The zero-order valence-corrected chi connectivity index (χ0v) is 41.8. The van der Waals surface area contributed by atoms with Gasteiger partial charge in [-0.2, -0.15) is 0 Å². The number of hydrogen-bond donors (Lipinski definition) is 3. The molecule has 7 rings (SSSR count). The SMILES string of the molecule is CC1(C)CC(NC(=O)OCc2ccco2)CC(C)(Cn2c(=O)n(CC3(C)CC(NC(=O)OCc4ccco4)CC(C)(C)C3)c(=O)n(CC3(C)CC(NC(=O)OCc4ccco4)CC(C)(C)C3)c2=O)C1. The summed E-state index contributed by atoms with van der Waals surface area (Å²) in [7, 11) is 0. The van der Waals surface area contributed by atoms with Gasteiger partial charge in [0.1, 0.15) is 17.3 Å². The van der Waals surface area contributed by atoms with Crippen molar-refractivity contribution in [1.29, 1.82) is 0 Å². The van der Waals surface area contributed by atoms with Crippen molar-refractivity contribution in [2.24, 2.45) is 32.5 Å². The van der Waals surface area contributed by atoms with Gasteiger partial charge in [0.25, 0.3) is 0 Å². The maximum Gasteiger partial charge on any atom is 0.407 e. The van der Waals surface area contributed by atoms with E-state index in [1.54, 1.807) is 36.4 Å². The molecule has 3 N–H and O–H groups in total. The maximum atomic E-state index is 15.1. The molecule has 4 heterocycles. The predicted octanol–water partition coefficient (Wildman–Crippen LogP) is 8.48. The molecule has 3 aliphatic rings. The fourth-order valence-corrected chi connectivity index (χ4v) is 13.0. The predicted molar refractivity (Wildman–Crippen MR) is 254 cm³/mol. The average Bonchev–Trinajstić information content (AvgIpc) is 4.04. The van der Waals surface area contributed by atoms with Crippen molar-refractivity contribution < 1.29 is 41.8 Å². The van der Waals surface area contributed by atoms with Crippen molar-refractivity contribution in [2.45, 2.75) is 178 Å². The summed E-state index contributed by atoms with van der Waals surface area (Å²) < 4.78 is 36.0. The van der Waals surface area contributed by atoms with E-state index in [4.69, 9.17) is 27.5 Å². The summed E-state index contributed by atoms with van der Waals surface area (Å²) in [5.41, 5.74) is -5.14. The van der Waals surface area contributed by atoms with E-state index < -0.39 is 51.6 Å². The monoisotopic (exact) mass is 961 g/mol. The van der Waals surface area contributed by atoms with Gasteiger partial charge in [0.05, 0.1) is 18.8 Å². The number of hydrogen-bond acceptors (Lipinski definition) is 12. The highest BCUT2D eigenvalue weighted by Crippen LogP contribution is 2.49. The van der Waals surface area contributed by atoms with Crippen LogP contribution in [0.2, 0.25) is 0 Å². The summed E-state index contributed by atoms with van der Waals surface area (Å²) in [6.45, 7) is 18.5. The van der Waals surface area contributed by atoms with Crippen LogP contribution in [0.5, 0.6) is 0 Å². The molecule has 4 aromatic rings. The first-order valence-corrected chi connectivity index (χ1v) is 24.1. The number of carbonyl (C=O) groups excluding carboxylic acids is 3. The number of alkyl carbamates (subject to hydrolysis) is 3. The van der Waals surface area contributed by atoms with E-state index in [-0.39, 0.29) is 73.8 Å². The Bertz CT molecular complexity index is 2280. The number of nitrogens with zero attached hydrogens (tertiary/aromatic N) is 3. The van der Waals surface area contributed by atoms with Crippen LogP contribution in [0.4, 0.5) is 14.4 Å². The first-order chi connectivity index (χ1) is 32.3. The van der Waals surface area contributed by atoms with Crippen LogP contribution >= 0.6 is 0 Å². The largest absolute Gasteiger partial charge is 0.466 e. The lowest BCUT2D eigenvalue weighted by Crippen LogP contribution is -2.60. The number of amides is 3. The molecule has 4 aromatic heterocycles. The fraction of sp³-hybridized carbons (Fsp3) is 0.647. The van der Waals surface area contributed by atoms with Gasteiger partial charge >= 0.3 is 35.3 Å². The lowest BCUT2D eigenvalue weighted by atomic mass is 9.62. The minimum Gasteiger partial charge on any atom is -0.466 e. The van der Waals surface area contributed by atoms with Gasteiger partial charge in [-0.1, -0.05) is 62.3 Å². The molecule has 69 heavy (non-hydrogen) atoms. The third-order valence-corrected chi connectivity index (χ3v) is 14.1. The van der Waals surface area contributed by atoms with Crippen LogP contribution < -0.4 is 33.0 Å². The minimum atomic E-state index is -0.715. The third kappa shape index (κ3) is 13.4. The lowest BCUT2D eigenvalue weighted by molar-refractivity contribution is 0.0388. The molecule has 0 saturated heterocycles. The van der Waals surface area contributed by atoms with Gasteiger partial charge in [-0.3, -0.25) is 0 Å². The van der Waals surface area contributed by atoms with Gasteiger partial charge in [0.15, 0.2) is 19.8 Å². The number of carbonyl (C=O) groups is 3. The Balaban J connectivity index is 1.20. The van der Waals surface area contributed by atoms with E-state index in [9.17, 15) is 14.4 Å². The molecular weight excluding hydrogens is 889 g/mol. The van der Waals surface area contributed by atoms with E-state index in [1.165, 1.54) is 32.5 Å². The van der Waals surface area contributed by atoms with Crippen molar-refractivity contribution in [3.05, 3.63) is 104 Å². The molecule has 3 fully saturated rings. The molecule has 0 radical (unpaired) electrons. The van der Waals surface area contributed by atoms with Crippen LogP contribution in [0, 0.1) is 32.5 Å². The summed E-state index contributed by atoms with van der Waals surface area (Å²) >= 11 is 0. The minimum absolute atomic E-state index is 0.0181. The smallest absolute Gasteiger partial charge is 0.407 e. The first kappa shape index (κ1) is 50.9. The topological polar surface area (TPSA) is 220 Å². The average molecular weight is 961 g/mol. The van der Waals surface area contributed by atoms with Gasteiger partial charge in [0, 0.05) is 37.8 Å². The second-order valence-electron chi connectivity index (χ2n) is 23.8. The molecule has 378 valence electrons. The molecule has 0 aliphatic heterocycles. The lowest BCUT2D eigenvalue weighted by Gasteiger charge is -2.48. The highest BCUT2D eigenvalue weighted by molar-refractivity contribution is 5.68. The first-order valence-electron chi connectivity index (χ1n) is 24.1. The number of nitrogens with one attached hydrogen (secondary N) is 3. The summed E-state index contributed by atoms with van der Waals surface area (Å²) in [5.74, 6) is 1.52. The second kappa shape index (κ2) is 19.8. The van der Waals surface area contributed by atoms with E-state index in [2.05, 4.69) is 57.5 Å². The standard InChI is InChI=1S/C51H72N6O12/c1-46(2)19-34(52-40(58)67-25-37-13-10-16-64-37)22-49(7,28-46)31-55-43(61)56(32-50(8)23-35(20-47(3,4)29-50)53-41(59)68-26-38-14-11-17-65-38)45(63)57(44(55)62)33-51(9)24-36(21-48(5,6)30-51)54-42(60)69-27-39-15-12-18-66-39/h10-18,34-36H,19-33H2,1-9H3,(H,52,58)(H,53,59)(H,54,60). The third-order valence-electron chi connectivity index (χ3n) is 14.1. The highest BCUT2D eigenvalue weighted by atomic mass is 16.6. The van der Waals surface area contributed by atoms with Gasteiger partial charge in [-0.25, -0.2) is 42.5 Å². The summed E-state index contributed by atoms with van der Waals surface area (Å²) in [6.07, 6.45) is 7.78. The van der Waals surface area contributed by atoms with E-state index >= 15 is 14.4 Å². The zero-order valence-electron chi connectivity index (χ0n) is 41.8. The molecule has 3 saturated carbocycles. The number of aromatic nitrogens is 3. The van der Waals surface area contributed by atoms with Crippen molar-refractivity contribution >= 4 is 18.3 Å². The van der Waals surface area contributed by atoms with E-state index in [0.717, 1.165) is 0 Å². The molecule has 18 nitrogen and oxygen atoms in total. The molecular formula is C51H72N6O12. The molecule has 0 bridgehead atoms. The van der Waals surface area contributed by atoms with Crippen LogP contribution in [0.3, 0.4) is 0 Å². The normalized spacial score (nSPS) is 27.2. The maximum absolute atomic E-state index is 15.1. The summed E-state index contributed by atoms with van der Waals surface area (Å²) in [5, 5.41) is 9.07. The van der Waals surface area contributed by atoms with Crippen LogP contribution in [-0.2, 0) is 53.7 Å². The van der Waals surface area contributed by atoms with Crippen molar-refractivity contribution in [3.63, 3.8) is 0 Å². The van der Waals surface area contributed by atoms with Gasteiger partial charge in [0.2, 0.25) is 0 Å². The van der Waals surface area contributed by atoms with E-state index in [0.29, 0.717) is 75.1 Å². The molecule has 6 atom stereocenters. The van der Waals surface area contributed by atoms with Gasteiger partial charge in [-0.15, -0.1) is 0 Å². The van der Waals surface area contributed by atoms with E-state index in [1.807, 2.05) is 20.8 Å². The van der Waals surface area contributed by atoms with Crippen LogP contribution in [0.25, 0.3) is 0 Å². The Labute approximate surface area is 402 Å². The second-order valence-corrected chi connectivity index (χ2v) is 23.8. The van der Waals surface area contributed by atoms with Crippen molar-refractivity contribution in [3.8, 4) is 0 Å². The van der Waals surface area contributed by atoms with Gasteiger partial charge < -0.3 is 43.4 Å². The molecule has 3 amide bonds. The Hall–Kier alpha value is -5.94. The molecule has 3 aliphatic carbocycles. The number of furan rings is 3. The summed E-state index contributed by atoms with van der Waals surface area (Å²) in [4.78, 5) is 84.5. The molecule has 0 aromatic carbocycles. The Morgan fingerprint density at radius 3 is 0.971 bits per heavy atom. The highest BCUT2D eigenvalue weighted by Gasteiger charge is 2.47. The molecule has 0 spiro atoms. The molecule has 6 unspecified atom stereocenters. The van der Waals surface area contributed by atoms with Crippen molar-refractivity contribution in [1.82, 2.24) is 29.7 Å². The summed E-state index contributed by atoms with van der Waals surface area (Å²) in [6, 6.07) is 9.27. The van der Waals surface area contributed by atoms with Gasteiger partial charge in [-0.05, 0) is 127 Å². The molecule has 18 heteroatoms. The zero-order chi connectivity index (χ0) is 50.0. The van der Waals surface area contributed by atoms with Crippen LogP contribution in [0.1, 0.15) is 137 Å². The Morgan fingerprint density at radius 1 is 0.478 bits per heavy atom. The van der Waals surface area contributed by atoms with Crippen LogP contribution in [-0.4, -0.2) is 50.1 Å². The Morgan fingerprint density at radius 2 is 0.739 bits per heavy atom. The van der Waals surface area contributed by atoms with Crippen molar-refractivity contribution in [2.75, 3.05) is 0 Å².